The molecule has 0 aliphatic heterocycles. The quantitative estimate of drug-likeness (QED) is 0.720. The van der Waals surface area contributed by atoms with Crippen LogP contribution in [0.2, 0.25) is 0 Å². The highest BCUT2D eigenvalue weighted by atomic mass is 14.9. The lowest BCUT2D eigenvalue weighted by Gasteiger charge is -2.27. The second kappa shape index (κ2) is 5.71. The van der Waals surface area contributed by atoms with Gasteiger partial charge in [-0.25, -0.2) is 0 Å². The van der Waals surface area contributed by atoms with E-state index < -0.39 is 0 Å². The fourth-order valence-electron chi connectivity index (χ4n) is 1.56. The van der Waals surface area contributed by atoms with Crippen molar-refractivity contribution in [3.63, 3.8) is 0 Å². The molecule has 0 bridgehead atoms. The Bertz CT molecular complexity index is 329. The van der Waals surface area contributed by atoms with Gasteiger partial charge in [0.15, 0.2) is 0 Å². The lowest BCUT2D eigenvalue weighted by molar-refractivity contribution is 0.365. The summed E-state index contributed by atoms with van der Waals surface area (Å²) in [6, 6.07) is 8.41. The molecule has 1 aromatic carbocycles. The first-order valence-electron chi connectivity index (χ1n) is 5.71. The Morgan fingerprint density at radius 1 is 1.38 bits per heavy atom. The Hall–Kier alpha value is -1.28. The molecule has 0 radical (unpaired) electrons. The Labute approximate surface area is 98.6 Å². The van der Waals surface area contributed by atoms with Crippen LogP contribution in [-0.4, -0.2) is 13.1 Å². The van der Waals surface area contributed by atoms with Crippen LogP contribution in [0, 0.1) is 12.3 Å². The van der Waals surface area contributed by atoms with Gasteiger partial charge in [0, 0.05) is 17.6 Å². The van der Waals surface area contributed by atoms with Crippen molar-refractivity contribution in [2.45, 2.75) is 20.3 Å². The van der Waals surface area contributed by atoms with Gasteiger partial charge < -0.3 is 11.1 Å². The monoisotopic (exact) mass is 218 g/mol. The van der Waals surface area contributed by atoms with Crippen LogP contribution in [0.25, 0.3) is 0 Å². The van der Waals surface area contributed by atoms with Crippen LogP contribution in [0.3, 0.4) is 0 Å². The summed E-state index contributed by atoms with van der Waals surface area (Å²) in [7, 11) is 0. The van der Waals surface area contributed by atoms with Crippen molar-refractivity contribution in [2.75, 3.05) is 18.4 Å². The van der Waals surface area contributed by atoms with Gasteiger partial charge in [0.1, 0.15) is 0 Å². The molecule has 0 saturated heterocycles. The molecule has 2 nitrogen and oxygen atoms in total. The number of hydrogen-bond acceptors (Lipinski definition) is 2. The summed E-state index contributed by atoms with van der Waals surface area (Å²) in [5.41, 5.74) is 8.31. The van der Waals surface area contributed by atoms with E-state index in [0.29, 0.717) is 6.54 Å². The van der Waals surface area contributed by atoms with E-state index in [2.05, 4.69) is 50.0 Å². The van der Waals surface area contributed by atoms with Crippen LogP contribution in [0.15, 0.2) is 36.9 Å². The maximum atomic E-state index is 5.79. The molecule has 2 heteroatoms. The molecule has 0 aliphatic rings. The van der Waals surface area contributed by atoms with Crippen molar-refractivity contribution < 1.29 is 0 Å². The van der Waals surface area contributed by atoms with Crippen molar-refractivity contribution in [1.29, 1.82) is 0 Å². The third-order valence-corrected chi connectivity index (χ3v) is 2.90. The number of nitrogens with one attached hydrogen (secondary N) is 1. The van der Waals surface area contributed by atoms with Crippen LogP contribution in [0.5, 0.6) is 0 Å². The van der Waals surface area contributed by atoms with Crippen LogP contribution < -0.4 is 11.1 Å². The third-order valence-electron chi connectivity index (χ3n) is 2.90. The second-order valence-corrected chi connectivity index (χ2v) is 4.73. The minimum atomic E-state index is 0.0899. The molecule has 16 heavy (non-hydrogen) atoms. The fraction of sp³-hybridized carbons (Fsp3) is 0.429. The Morgan fingerprint density at radius 2 is 2.00 bits per heavy atom. The highest BCUT2D eigenvalue weighted by Crippen LogP contribution is 2.21. The predicted molar refractivity (Wildman–Crippen MR) is 71.6 cm³/mol. The van der Waals surface area contributed by atoms with E-state index in [1.54, 1.807) is 0 Å². The van der Waals surface area contributed by atoms with Crippen LogP contribution in [-0.2, 0) is 0 Å². The number of aryl methyl sites for hydroxylation is 1. The van der Waals surface area contributed by atoms with Crippen molar-refractivity contribution in [3.05, 3.63) is 42.5 Å². The van der Waals surface area contributed by atoms with Gasteiger partial charge in [-0.2, -0.15) is 0 Å². The summed E-state index contributed by atoms with van der Waals surface area (Å²) >= 11 is 0. The van der Waals surface area contributed by atoms with Gasteiger partial charge in [0.2, 0.25) is 0 Å². The standard InChI is InChI=1S/C14H22N2/c1-4-9-14(3,10-15)11-16-13-7-5-12(2)6-8-13/h4-8,16H,1,9-11,15H2,2-3H3. The number of anilines is 1. The average molecular weight is 218 g/mol. The SMILES string of the molecule is C=CCC(C)(CN)CNc1ccc(C)cc1. The highest BCUT2D eigenvalue weighted by molar-refractivity contribution is 5.44. The minimum absolute atomic E-state index is 0.0899. The average Bonchev–Trinajstić information content (AvgIpc) is 2.29. The van der Waals surface area contributed by atoms with E-state index in [9.17, 15) is 0 Å². The van der Waals surface area contributed by atoms with Gasteiger partial charge in [-0.3, -0.25) is 0 Å². The molecule has 0 spiro atoms. The van der Waals surface area contributed by atoms with Crippen molar-refractivity contribution >= 4 is 5.69 Å². The zero-order chi connectivity index (χ0) is 12.0. The number of rotatable bonds is 6. The van der Waals surface area contributed by atoms with Gasteiger partial charge in [0.25, 0.3) is 0 Å². The highest BCUT2D eigenvalue weighted by Gasteiger charge is 2.20. The Morgan fingerprint density at radius 3 is 2.50 bits per heavy atom. The Balaban J connectivity index is 2.55. The second-order valence-electron chi connectivity index (χ2n) is 4.73. The normalized spacial score (nSPS) is 14.2. The van der Waals surface area contributed by atoms with Gasteiger partial charge in [0.05, 0.1) is 0 Å². The van der Waals surface area contributed by atoms with E-state index in [-0.39, 0.29) is 5.41 Å². The largest absolute Gasteiger partial charge is 0.384 e. The van der Waals surface area contributed by atoms with E-state index in [1.165, 1.54) is 5.56 Å². The molecule has 0 amide bonds. The first kappa shape index (κ1) is 12.8. The molecule has 3 N–H and O–H groups in total. The lowest BCUT2D eigenvalue weighted by Crippen LogP contribution is -2.34. The van der Waals surface area contributed by atoms with Crippen molar-refractivity contribution in [2.24, 2.45) is 11.1 Å². The molecular formula is C14H22N2. The first-order valence-corrected chi connectivity index (χ1v) is 5.71. The first-order chi connectivity index (χ1) is 7.59. The summed E-state index contributed by atoms with van der Waals surface area (Å²) in [5, 5.41) is 3.42. The van der Waals surface area contributed by atoms with Crippen molar-refractivity contribution in [3.8, 4) is 0 Å². The molecule has 1 atom stereocenters. The molecular weight excluding hydrogens is 196 g/mol. The predicted octanol–water partition coefficient (Wildman–Crippen LogP) is 2.95. The summed E-state index contributed by atoms with van der Waals surface area (Å²) in [6.07, 6.45) is 2.87. The third kappa shape index (κ3) is 3.70. The summed E-state index contributed by atoms with van der Waals surface area (Å²) in [6.45, 7) is 9.58. The molecule has 1 rings (SSSR count). The number of hydrogen-bond donors (Lipinski definition) is 2. The molecule has 0 heterocycles. The molecule has 0 saturated carbocycles. The summed E-state index contributed by atoms with van der Waals surface area (Å²) in [4.78, 5) is 0. The summed E-state index contributed by atoms with van der Waals surface area (Å²) < 4.78 is 0. The van der Waals surface area contributed by atoms with Gasteiger partial charge in [-0.15, -0.1) is 6.58 Å². The van der Waals surface area contributed by atoms with E-state index >= 15 is 0 Å². The van der Waals surface area contributed by atoms with Gasteiger partial charge >= 0.3 is 0 Å². The zero-order valence-electron chi connectivity index (χ0n) is 10.3. The minimum Gasteiger partial charge on any atom is -0.384 e. The Kier molecular flexibility index (Phi) is 4.56. The smallest absolute Gasteiger partial charge is 0.0340 e. The van der Waals surface area contributed by atoms with Crippen LogP contribution >= 0.6 is 0 Å². The zero-order valence-corrected chi connectivity index (χ0v) is 10.3. The van der Waals surface area contributed by atoms with E-state index in [0.717, 1.165) is 18.7 Å². The van der Waals surface area contributed by atoms with Gasteiger partial charge in [-0.1, -0.05) is 30.7 Å². The molecule has 1 aromatic rings. The maximum absolute atomic E-state index is 5.79. The topological polar surface area (TPSA) is 38.0 Å². The van der Waals surface area contributed by atoms with Gasteiger partial charge in [-0.05, 0) is 32.0 Å². The molecule has 0 aromatic heterocycles. The number of nitrogens with two attached hydrogens (primary N) is 1. The van der Waals surface area contributed by atoms with Crippen molar-refractivity contribution in [1.82, 2.24) is 0 Å². The van der Waals surface area contributed by atoms with Crippen LogP contribution in [0.1, 0.15) is 18.9 Å². The molecule has 88 valence electrons. The van der Waals surface area contributed by atoms with E-state index in [4.69, 9.17) is 5.73 Å². The number of allylic oxidation sites excluding steroid dienone is 1. The molecule has 0 aliphatic carbocycles. The number of benzene rings is 1. The van der Waals surface area contributed by atoms with E-state index in [1.807, 2.05) is 6.08 Å². The molecule has 0 fully saturated rings. The molecule has 1 unspecified atom stereocenters. The fourth-order valence-corrected chi connectivity index (χ4v) is 1.56. The lowest BCUT2D eigenvalue weighted by atomic mass is 9.87. The van der Waals surface area contributed by atoms with Crippen LogP contribution in [0.4, 0.5) is 5.69 Å². The maximum Gasteiger partial charge on any atom is 0.0340 e. The summed E-state index contributed by atoms with van der Waals surface area (Å²) in [5.74, 6) is 0.